The van der Waals surface area contributed by atoms with Crippen LogP contribution >= 0.6 is 0 Å². The molecule has 0 spiro atoms. The largest absolute Gasteiger partial charge is 0.458 e. The zero-order valence-corrected chi connectivity index (χ0v) is 21.9. The summed E-state index contributed by atoms with van der Waals surface area (Å²) in [6.45, 7) is 6.04. The zero-order chi connectivity index (χ0) is 26.0. The molecule has 1 fully saturated rings. The number of unbranched alkanes of at least 4 members (excludes halogenated alkanes) is 2. The van der Waals surface area contributed by atoms with Gasteiger partial charge < -0.3 is 9.47 Å². The molecule has 4 rings (SSSR count). The Bertz CT molecular complexity index is 1120. The Morgan fingerprint density at radius 3 is 2.32 bits per heavy atom. The molecule has 2 aliphatic carbocycles. The average Bonchev–Trinajstić information content (AvgIpc) is 3.37. The molecule has 0 heterocycles. The summed E-state index contributed by atoms with van der Waals surface area (Å²) in [7, 11) is 0. The lowest BCUT2D eigenvalue weighted by atomic mass is 9.77. The molecule has 4 nitrogen and oxygen atoms in total. The van der Waals surface area contributed by atoms with E-state index in [1.807, 2.05) is 42.5 Å². The lowest BCUT2D eigenvalue weighted by Gasteiger charge is -2.29. The maximum absolute atomic E-state index is 13.0. The normalized spacial score (nSPS) is 19.8. The van der Waals surface area contributed by atoms with E-state index in [1.165, 1.54) is 56.9 Å². The number of benzene rings is 2. The highest BCUT2D eigenvalue weighted by molar-refractivity contribution is 5.95. The highest BCUT2D eigenvalue weighted by Crippen LogP contribution is 2.38. The van der Waals surface area contributed by atoms with Crippen LogP contribution in [0.5, 0.6) is 0 Å². The van der Waals surface area contributed by atoms with Crippen molar-refractivity contribution in [1.29, 1.82) is 0 Å². The summed E-state index contributed by atoms with van der Waals surface area (Å²) >= 11 is 0. The molecule has 4 heteroatoms. The van der Waals surface area contributed by atoms with Gasteiger partial charge in [0.2, 0.25) is 0 Å². The van der Waals surface area contributed by atoms with Crippen molar-refractivity contribution in [1.82, 2.24) is 0 Å². The molecule has 0 N–H and O–H groups in total. The third kappa shape index (κ3) is 7.31. The monoisotopic (exact) mass is 498 g/mol. The SMILES string of the molecule is C=C1C=CC=C1C(=O)OCC(OC(=O)c1ccc(C2CCC(CCCCC)CC2)cc1)c1ccccc1. The minimum absolute atomic E-state index is 0.0706. The molecule has 37 heavy (non-hydrogen) atoms. The van der Waals surface area contributed by atoms with Crippen molar-refractivity contribution in [3.05, 3.63) is 107 Å². The molecule has 1 atom stereocenters. The summed E-state index contributed by atoms with van der Waals surface area (Å²) in [5.41, 5.74) is 3.61. The van der Waals surface area contributed by atoms with Crippen LogP contribution in [0.3, 0.4) is 0 Å². The summed E-state index contributed by atoms with van der Waals surface area (Å²) < 4.78 is 11.3. The fraction of sp³-hybridized carbons (Fsp3) is 0.394. The maximum atomic E-state index is 13.0. The van der Waals surface area contributed by atoms with Gasteiger partial charge in [0.05, 0.1) is 11.1 Å². The van der Waals surface area contributed by atoms with Gasteiger partial charge in [-0.2, -0.15) is 0 Å². The van der Waals surface area contributed by atoms with Gasteiger partial charge in [-0.3, -0.25) is 0 Å². The van der Waals surface area contributed by atoms with E-state index >= 15 is 0 Å². The first-order valence-corrected chi connectivity index (χ1v) is 13.7. The van der Waals surface area contributed by atoms with Crippen molar-refractivity contribution in [2.24, 2.45) is 5.92 Å². The molecule has 0 aromatic heterocycles. The summed E-state index contributed by atoms with van der Waals surface area (Å²) in [5, 5.41) is 0. The second kappa shape index (κ2) is 13.2. The van der Waals surface area contributed by atoms with Crippen molar-refractivity contribution in [2.75, 3.05) is 6.61 Å². The van der Waals surface area contributed by atoms with E-state index in [9.17, 15) is 9.59 Å². The van der Waals surface area contributed by atoms with Crippen LogP contribution in [0.4, 0.5) is 0 Å². The third-order valence-corrected chi connectivity index (χ3v) is 7.59. The van der Waals surface area contributed by atoms with Crippen LogP contribution in [0.15, 0.2) is 90.6 Å². The van der Waals surface area contributed by atoms with Crippen LogP contribution in [0, 0.1) is 5.92 Å². The molecule has 0 amide bonds. The molecular weight excluding hydrogens is 460 g/mol. The topological polar surface area (TPSA) is 52.6 Å². The van der Waals surface area contributed by atoms with Gasteiger partial charge >= 0.3 is 11.9 Å². The Labute approximate surface area is 221 Å². The van der Waals surface area contributed by atoms with E-state index in [0.29, 0.717) is 22.6 Å². The first kappa shape index (κ1) is 26.7. The van der Waals surface area contributed by atoms with Crippen molar-refractivity contribution >= 4 is 11.9 Å². The summed E-state index contributed by atoms with van der Waals surface area (Å²) in [6, 6.07) is 17.2. The van der Waals surface area contributed by atoms with Gasteiger partial charge in [-0.1, -0.05) is 93.8 Å². The van der Waals surface area contributed by atoms with E-state index in [2.05, 4.69) is 25.6 Å². The van der Waals surface area contributed by atoms with Crippen LogP contribution in [0.2, 0.25) is 0 Å². The molecule has 2 aromatic carbocycles. The van der Waals surface area contributed by atoms with Crippen LogP contribution in [-0.2, 0) is 14.3 Å². The maximum Gasteiger partial charge on any atom is 0.338 e. The molecule has 194 valence electrons. The molecule has 0 bridgehead atoms. The molecule has 2 aromatic rings. The fourth-order valence-corrected chi connectivity index (χ4v) is 5.31. The van der Waals surface area contributed by atoms with Gasteiger partial charge in [-0.25, -0.2) is 9.59 Å². The first-order valence-electron chi connectivity index (χ1n) is 13.7. The second-order valence-electron chi connectivity index (χ2n) is 10.2. The number of ether oxygens (including phenoxy) is 2. The van der Waals surface area contributed by atoms with E-state index in [-0.39, 0.29) is 6.61 Å². The van der Waals surface area contributed by atoms with E-state index < -0.39 is 18.0 Å². The predicted octanol–water partition coefficient (Wildman–Crippen LogP) is 8.03. The van der Waals surface area contributed by atoms with E-state index in [4.69, 9.17) is 9.47 Å². The number of esters is 2. The summed E-state index contributed by atoms with van der Waals surface area (Å²) in [5.74, 6) is 0.539. The average molecular weight is 499 g/mol. The molecule has 1 unspecified atom stereocenters. The Balaban J connectivity index is 1.34. The smallest absolute Gasteiger partial charge is 0.338 e. The van der Waals surface area contributed by atoms with Crippen molar-refractivity contribution < 1.29 is 19.1 Å². The minimum atomic E-state index is -0.705. The fourth-order valence-electron chi connectivity index (χ4n) is 5.31. The standard InChI is InChI=1S/C33H38O4/c1-3-4-6-11-25-15-17-26(18-16-25)27-19-21-29(22-20-27)32(34)37-31(28-12-7-5-8-13-28)23-36-33(35)30-14-9-10-24(30)2/h5,7-10,12-14,19-22,25-26,31H,2-4,6,11,15-18,23H2,1H3. The molecule has 0 radical (unpaired) electrons. The molecule has 1 saturated carbocycles. The molecule has 0 saturated heterocycles. The minimum Gasteiger partial charge on any atom is -0.458 e. The van der Waals surface area contributed by atoms with Crippen molar-refractivity contribution in [3.8, 4) is 0 Å². The van der Waals surface area contributed by atoms with E-state index in [0.717, 1.165) is 11.5 Å². The number of allylic oxidation sites excluding steroid dienone is 3. The quantitative estimate of drug-likeness (QED) is 0.232. The highest BCUT2D eigenvalue weighted by Gasteiger charge is 2.24. The highest BCUT2D eigenvalue weighted by atomic mass is 16.6. The van der Waals surface area contributed by atoms with Crippen LogP contribution < -0.4 is 0 Å². The van der Waals surface area contributed by atoms with E-state index in [1.54, 1.807) is 18.2 Å². The molecular formula is C33H38O4. The van der Waals surface area contributed by atoms with Gasteiger partial charge in [0, 0.05) is 0 Å². The van der Waals surface area contributed by atoms with Gasteiger partial charge in [-0.15, -0.1) is 0 Å². The Kier molecular flexibility index (Phi) is 9.53. The van der Waals surface area contributed by atoms with Gasteiger partial charge in [0.25, 0.3) is 0 Å². The van der Waals surface area contributed by atoms with Gasteiger partial charge in [-0.05, 0) is 72.4 Å². The molecule has 0 aliphatic heterocycles. The summed E-state index contributed by atoms with van der Waals surface area (Å²) in [4.78, 5) is 25.5. The number of hydrogen-bond acceptors (Lipinski definition) is 4. The lowest BCUT2D eigenvalue weighted by molar-refractivity contribution is -0.142. The van der Waals surface area contributed by atoms with Gasteiger partial charge in [0.15, 0.2) is 6.10 Å². The Hall–Kier alpha value is -3.40. The van der Waals surface area contributed by atoms with Crippen LogP contribution in [0.1, 0.15) is 91.8 Å². The van der Waals surface area contributed by atoms with Gasteiger partial charge in [0.1, 0.15) is 6.61 Å². The van der Waals surface area contributed by atoms with Crippen LogP contribution in [-0.4, -0.2) is 18.5 Å². The van der Waals surface area contributed by atoms with Crippen molar-refractivity contribution in [2.45, 2.75) is 70.3 Å². The first-order chi connectivity index (χ1) is 18.0. The van der Waals surface area contributed by atoms with Crippen LogP contribution in [0.25, 0.3) is 0 Å². The third-order valence-electron chi connectivity index (χ3n) is 7.59. The number of hydrogen-bond donors (Lipinski definition) is 0. The predicted molar refractivity (Wildman–Crippen MR) is 147 cm³/mol. The second-order valence-corrected chi connectivity index (χ2v) is 10.2. The Morgan fingerprint density at radius 1 is 0.946 bits per heavy atom. The lowest BCUT2D eigenvalue weighted by Crippen LogP contribution is -2.20. The number of carbonyl (C=O) groups is 2. The summed E-state index contributed by atoms with van der Waals surface area (Å²) in [6.07, 6.45) is 14.9. The van der Waals surface area contributed by atoms with Crippen molar-refractivity contribution in [3.63, 3.8) is 0 Å². The molecule has 2 aliphatic rings. The number of rotatable bonds is 11. The number of carbonyl (C=O) groups excluding carboxylic acids is 2. The zero-order valence-electron chi connectivity index (χ0n) is 21.9. The Morgan fingerprint density at radius 2 is 1.68 bits per heavy atom.